The molecule has 1 saturated carbocycles. The number of aromatic amines is 1. The number of aryl methyl sites for hydroxylation is 1. The Balaban J connectivity index is 1.37. The molecular formula is C29H29N7O4. The molecule has 4 N–H and O–H groups in total. The van der Waals surface area contributed by atoms with Crippen LogP contribution in [0.3, 0.4) is 0 Å². The predicted octanol–water partition coefficient (Wildman–Crippen LogP) is 4.04. The average molecular weight is 540 g/mol. The largest absolute Gasteiger partial charge is 0.444 e. The molecular weight excluding hydrogens is 510 g/mol. The number of hydrazone groups is 1. The van der Waals surface area contributed by atoms with Crippen molar-refractivity contribution in [2.75, 3.05) is 5.32 Å². The highest BCUT2D eigenvalue weighted by Crippen LogP contribution is 2.52. The second-order valence-corrected chi connectivity index (χ2v) is 11.2. The van der Waals surface area contributed by atoms with Gasteiger partial charge in [-0.15, -0.1) is 0 Å². The van der Waals surface area contributed by atoms with Gasteiger partial charge in [0.1, 0.15) is 11.1 Å². The first-order chi connectivity index (χ1) is 19.0. The number of alkyl carbamates (subject to hydrolysis) is 1. The maximum Gasteiger partial charge on any atom is 0.408 e. The molecule has 0 saturated heterocycles. The number of carbonyl (C=O) groups is 3. The van der Waals surface area contributed by atoms with Crippen molar-refractivity contribution in [3.8, 4) is 11.3 Å². The standard InChI is InChI=1S/C29H29N7O4/c1-28(2,3)40-27(39)34-29(12-21(29)16-8-6-5-7-9-16)26(38)32-18-10-19-23-20(14-30-35-25(19)37)24(33-22(23)11-18)17-13-31-36(4)15-17/h5-11,13-15,21,33H,12H2,1-4H3,(H,32,38)(H,34,39)(H,35,37)/t21-,29?/m0/s1. The highest BCUT2D eigenvalue weighted by Gasteiger charge is 2.62. The fraction of sp³-hybridized carbons (Fsp3) is 0.276. The Morgan fingerprint density at radius 3 is 2.65 bits per heavy atom. The second-order valence-electron chi connectivity index (χ2n) is 11.2. The molecule has 3 amide bonds. The number of H-pyrrole nitrogens is 1. The second kappa shape index (κ2) is 9.08. The van der Waals surface area contributed by atoms with Gasteiger partial charge < -0.3 is 20.4 Å². The Labute approximate surface area is 230 Å². The van der Waals surface area contributed by atoms with Crippen molar-refractivity contribution in [1.29, 1.82) is 0 Å². The van der Waals surface area contributed by atoms with Crippen LogP contribution in [0.1, 0.15) is 54.6 Å². The van der Waals surface area contributed by atoms with Gasteiger partial charge in [0, 0.05) is 46.9 Å². The summed E-state index contributed by atoms with van der Waals surface area (Å²) in [5.74, 6) is -1.04. The molecule has 0 bridgehead atoms. The first kappa shape index (κ1) is 25.4. The summed E-state index contributed by atoms with van der Waals surface area (Å²) in [4.78, 5) is 43.0. The van der Waals surface area contributed by atoms with Gasteiger partial charge >= 0.3 is 6.09 Å². The molecule has 2 aliphatic rings. The fourth-order valence-corrected chi connectivity index (χ4v) is 5.26. The van der Waals surface area contributed by atoms with Gasteiger partial charge in [0.25, 0.3) is 11.8 Å². The average Bonchev–Trinajstić information content (AvgIpc) is 3.33. The van der Waals surface area contributed by atoms with E-state index in [1.54, 1.807) is 50.0 Å². The topological polar surface area (TPSA) is 142 Å². The molecule has 0 spiro atoms. The number of hydrogen-bond acceptors (Lipinski definition) is 6. The lowest BCUT2D eigenvalue weighted by Gasteiger charge is -2.24. The van der Waals surface area contributed by atoms with E-state index in [2.05, 4.69) is 31.2 Å². The van der Waals surface area contributed by atoms with Gasteiger partial charge in [-0.1, -0.05) is 30.3 Å². The zero-order valence-corrected chi connectivity index (χ0v) is 22.5. The number of nitrogens with zero attached hydrogens (tertiary/aromatic N) is 3. The first-order valence-corrected chi connectivity index (χ1v) is 12.9. The van der Waals surface area contributed by atoms with Crippen molar-refractivity contribution in [2.24, 2.45) is 12.1 Å². The Morgan fingerprint density at radius 1 is 1.18 bits per heavy atom. The zero-order valence-electron chi connectivity index (χ0n) is 22.5. The third-order valence-corrected chi connectivity index (χ3v) is 7.08. The molecule has 2 aromatic carbocycles. The molecule has 1 unspecified atom stereocenters. The molecule has 11 nitrogen and oxygen atoms in total. The van der Waals surface area contributed by atoms with Crippen LogP contribution >= 0.6 is 0 Å². The third kappa shape index (κ3) is 4.49. The summed E-state index contributed by atoms with van der Waals surface area (Å²) in [6.07, 6.45) is 4.92. The van der Waals surface area contributed by atoms with Gasteiger partial charge in [0.05, 0.1) is 23.7 Å². The van der Waals surface area contributed by atoms with E-state index in [-0.39, 0.29) is 5.92 Å². The third-order valence-electron chi connectivity index (χ3n) is 7.08. The number of aromatic nitrogens is 3. The number of hydrogen-bond donors (Lipinski definition) is 4. The summed E-state index contributed by atoms with van der Waals surface area (Å²) in [5, 5.41) is 14.8. The van der Waals surface area contributed by atoms with E-state index in [0.29, 0.717) is 28.6 Å². The van der Waals surface area contributed by atoms with Crippen molar-refractivity contribution in [3.63, 3.8) is 0 Å². The van der Waals surface area contributed by atoms with Crippen LogP contribution < -0.4 is 16.1 Å². The SMILES string of the molecule is Cn1cc(-c2[nH]c3cc(NC(=O)C4(NC(=O)OC(C)(C)C)C[C@H]4c4ccccc4)cc4c3c2C=NNC4=O)cn1. The Bertz CT molecular complexity index is 1700. The number of amides is 3. The minimum atomic E-state index is -1.21. The summed E-state index contributed by atoms with van der Waals surface area (Å²) in [5.41, 5.74) is 5.26. The molecule has 40 heavy (non-hydrogen) atoms. The zero-order chi connectivity index (χ0) is 28.2. The Hall–Kier alpha value is -4.93. The van der Waals surface area contributed by atoms with Crippen LogP contribution in [0.25, 0.3) is 22.2 Å². The summed E-state index contributed by atoms with van der Waals surface area (Å²) in [6.45, 7) is 5.30. The molecule has 1 fully saturated rings. The van der Waals surface area contributed by atoms with Gasteiger partial charge in [-0.05, 0) is 44.9 Å². The summed E-state index contributed by atoms with van der Waals surface area (Å²) >= 11 is 0. The molecule has 1 aliphatic heterocycles. The molecule has 3 heterocycles. The van der Waals surface area contributed by atoms with Crippen molar-refractivity contribution in [2.45, 2.75) is 44.2 Å². The molecule has 204 valence electrons. The van der Waals surface area contributed by atoms with E-state index in [9.17, 15) is 14.4 Å². The number of ether oxygens (including phenoxy) is 1. The molecule has 0 radical (unpaired) electrons. The van der Waals surface area contributed by atoms with Crippen LogP contribution in [-0.2, 0) is 16.6 Å². The quantitative estimate of drug-likeness (QED) is 0.303. The van der Waals surface area contributed by atoms with Crippen molar-refractivity contribution < 1.29 is 19.1 Å². The minimum Gasteiger partial charge on any atom is -0.444 e. The molecule has 11 heteroatoms. The maximum atomic E-state index is 13.8. The van der Waals surface area contributed by atoms with Crippen LogP contribution in [0.15, 0.2) is 60.0 Å². The van der Waals surface area contributed by atoms with Gasteiger partial charge in [-0.3, -0.25) is 14.3 Å². The normalized spacial score (nSPS) is 19.6. The highest BCUT2D eigenvalue weighted by atomic mass is 16.6. The fourth-order valence-electron chi connectivity index (χ4n) is 5.26. The van der Waals surface area contributed by atoms with Crippen LogP contribution in [0.4, 0.5) is 10.5 Å². The van der Waals surface area contributed by atoms with Crippen LogP contribution in [0.5, 0.6) is 0 Å². The van der Waals surface area contributed by atoms with E-state index >= 15 is 0 Å². The highest BCUT2D eigenvalue weighted by molar-refractivity contribution is 6.18. The maximum absolute atomic E-state index is 13.8. The molecule has 6 rings (SSSR count). The summed E-state index contributed by atoms with van der Waals surface area (Å²) < 4.78 is 7.17. The predicted molar refractivity (Wildman–Crippen MR) is 150 cm³/mol. The molecule has 4 aromatic rings. The minimum absolute atomic E-state index is 0.238. The van der Waals surface area contributed by atoms with Crippen molar-refractivity contribution in [3.05, 3.63) is 71.5 Å². The van der Waals surface area contributed by atoms with Crippen molar-refractivity contribution >= 4 is 40.7 Å². The van der Waals surface area contributed by atoms with Crippen LogP contribution in [0.2, 0.25) is 0 Å². The van der Waals surface area contributed by atoms with E-state index in [1.165, 1.54) is 0 Å². The Kier molecular flexibility index (Phi) is 5.75. The van der Waals surface area contributed by atoms with E-state index in [1.807, 2.05) is 43.6 Å². The summed E-state index contributed by atoms with van der Waals surface area (Å²) in [6, 6.07) is 13.0. The smallest absolute Gasteiger partial charge is 0.408 e. The molecule has 2 atom stereocenters. The van der Waals surface area contributed by atoms with Crippen LogP contribution in [0, 0.1) is 0 Å². The number of carbonyl (C=O) groups excluding carboxylic acids is 3. The molecule has 2 aromatic heterocycles. The van der Waals surface area contributed by atoms with E-state index in [0.717, 1.165) is 22.4 Å². The van der Waals surface area contributed by atoms with E-state index in [4.69, 9.17) is 4.74 Å². The summed E-state index contributed by atoms with van der Waals surface area (Å²) in [7, 11) is 1.82. The van der Waals surface area contributed by atoms with Crippen LogP contribution in [-0.4, -0.2) is 50.0 Å². The van der Waals surface area contributed by atoms with Gasteiger partial charge in [0.15, 0.2) is 0 Å². The lowest BCUT2D eigenvalue weighted by molar-refractivity contribution is -0.119. The number of anilines is 1. The molecule has 1 aliphatic carbocycles. The van der Waals surface area contributed by atoms with Gasteiger partial charge in [-0.25, -0.2) is 10.2 Å². The monoisotopic (exact) mass is 539 g/mol. The first-order valence-electron chi connectivity index (χ1n) is 12.9. The van der Waals surface area contributed by atoms with E-state index < -0.39 is 29.0 Å². The van der Waals surface area contributed by atoms with Gasteiger partial charge in [0.2, 0.25) is 0 Å². The number of benzene rings is 2. The number of rotatable bonds is 5. The lowest BCUT2D eigenvalue weighted by Crippen LogP contribution is -2.49. The lowest BCUT2D eigenvalue weighted by atomic mass is 10.0. The van der Waals surface area contributed by atoms with Gasteiger partial charge in [-0.2, -0.15) is 10.2 Å². The Morgan fingerprint density at radius 2 is 1.95 bits per heavy atom. The number of nitrogens with one attached hydrogen (secondary N) is 4. The van der Waals surface area contributed by atoms with Crippen molar-refractivity contribution in [1.82, 2.24) is 25.5 Å².